The molecule has 0 saturated carbocycles. The Kier molecular flexibility index (Phi) is 5.22. The van der Waals surface area contributed by atoms with Crippen LogP contribution in [0.3, 0.4) is 0 Å². The van der Waals surface area contributed by atoms with Gasteiger partial charge in [-0.15, -0.1) is 0 Å². The molecule has 1 unspecified atom stereocenters. The van der Waals surface area contributed by atoms with Crippen molar-refractivity contribution in [2.45, 2.75) is 54.4 Å². The zero-order valence-corrected chi connectivity index (χ0v) is 13.8. The van der Waals surface area contributed by atoms with E-state index in [1.165, 1.54) is 0 Å². The largest absolute Gasteiger partial charge is 0.465 e. The number of rotatable bonds is 3. The van der Waals surface area contributed by atoms with E-state index in [4.69, 9.17) is 4.74 Å². The molecule has 116 valence electrons. The van der Waals surface area contributed by atoms with E-state index < -0.39 is 17.3 Å². The average Bonchev–Trinajstić information content (AvgIpc) is 2.26. The lowest BCUT2D eigenvalue weighted by atomic mass is 9.78. The molecule has 4 heteroatoms. The summed E-state index contributed by atoms with van der Waals surface area (Å²) in [5.74, 6) is -1.19. The zero-order chi connectivity index (χ0) is 15.6. The summed E-state index contributed by atoms with van der Waals surface area (Å²) in [5.41, 5.74) is -0.296. The van der Waals surface area contributed by atoms with Gasteiger partial charge in [0.05, 0.1) is 6.61 Å². The highest BCUT2D eigenvalue weighted by Crippen LogP contribution is 2.33. The highest BCUT2D eigenvalue weighted by molar-refractivity contribution is 5.98. The van der Waals surface area contributed by atoms with Crippen molar-refractivity contribution in [1.82, 2.24) is 4.90 Å². The molecular weight excluding hydrogens is 254 g/mol. The van der Waals surface area contributed by atoms with Crippen LogP contribution < -0.4 is 0 Å². The molecule has 1 fully saturated rings. The second-order valence-electron chi connectivity index (χ2n) is 7.58. The second-order valence-corrected chi connectivity index (χ2v) is 7.58. The number of carbonyl (C=O) groups excluding carboxylic acids is 2. The molecule has 0 aromatic rings. The van der Waals surface area contributed by atoms with Gasteiger partial charge in [-0.3, -0.25) is 9.59 Å². The Morgan fingerprint density at radius 2 is 1.90 bits per heavy atom. The van der Waals surface area contributed by atoms with Crippen molar-refractivity contribution in [3.8, 4) is 0 Å². The van der Waals surface area contributed by atoms with Gasteiger partial charge < -0.3 is 9.64 Å². The molecule has 0 aromatic heterocycles. The van der Waals surface area contributed by atoms with Gasteiger partial charge in [-0.05, 0) is 30.6 Å². The molecule has 4 nitrogen and oxygen atoms in total. The van der Waals surface area contributed by atoms with Gasteiger partial charge in [0.2, 0.25) is 5.91 Å². The molecule has 1 heterocycles. The number of amides is 1. The number of piperidine rings is 1. The number of likely N-dealkylation sites (tertiary alicyclic amines) is 1. The van der Waals surface area contributed by atoms with Gasteiger partial charge in [-0.1, -0.05) is 34.6 Å². The van der Waals surface area contributed by atoms with Crippen LogP contribution in [0.25, 0.3) is 0 Å². The number of hydrogen-bond donors (Lipinski definition) is 0. The van der Waals surface area contributed by atoms with Crippen molar-refractivity contribution in [3.05, 3.63) is 0 Å². The summed E-state index contributed by atoms with van der Waals surface area (Å²) in [4.78, 5) is 26.8. The highest BCUT2D eigenvalue weighted by Gasteiger charge is 2.42. The van der Waals surface area contributed by atoms with Crippen molar-refractivity contribution in [3.63, 3.8) is 0 Å². The summed E-state index contributed by atoms with van der Waals surface area (Å²) in [7, 11) is 0. The lowest BCUT2D eigenvalue weighted by Gasteiger charge is -2.41. The fraction of sp³-hybridized carbons (Fsp3) is 0.875. The van der Waals surface area contributed by atoms with Gasteiger partial charge in [0.1, 0.15) is 5.92 Å². The summed E-state index contributed by atoms with van der Waals surface area (Å²) < 4.78 is 5.11. The average molecular weight is 283 g/mol. The van der Waals surface area contributed by atoms with Crippen LogP contribution in [0.4, 0.5) is 0 Å². The van der Waals surface area contributed by atoms with Crippen LogP contribution in [-0.2, 0) is 14.3 Å². The fourth-order valence-electron chi connectivity index (χ4n) is 2.84. The molecule has 20 heavy (non-hydrogen) atoms. The monoisotopic (exact) mass is 283 g/mol. The van der Waals surface area contributed by atoms with E-state index in [0.29, 0.717) is 6.61 Å². The third-order valence-electron chi connectivity index (χ3n) is 3.85. The summed E-state index contributed by atoms with van der Waals surface area (Å²) >= 11 is 0. The SMILES string of the molecule is CCOC(=O)C(C(=O)N1CCCC(C)(C)C1)C(C)(C)C. The fourth-order valence-corrected chi connectivity index (χ4v) is 2.84. The first-order valence-electron chi connectivity index (χ1n) is 7.54. The van der Waals surface area contributed by atoms with Crippen LogP contribution in [-0.4, -0.2) is 36.5 Å². The summed E-state index contributed by atoms with van der Waals surface area (Å²) in [6.07, 6.45) is 2.12. The minimum atomic E-state index is -0.712. The number of hydrogen-bond acceptors (Lipinski definition) is 3. The van der Waals surface area contributed by atoms with Crippen LogP contribution in [0.1, 0.15) is 54.4 Å². The first kappa shape index (κ1) is 17.0. The molecule has 0 aliphatic carbocycles. The smallest absolute Gasteiger partial charge is 0.319 e. The standard InChI is InChI=1S/C16H29NO3/c1-7-20-14(19)12(15(2,3)4)13(18)17-10-8-9-16(5,6)11-17/h12H,7-11H2,1-6H3. The lowest BCUT2D eigenvalue weighted by molar-refractivity contribution is -0.161. The van der Waals surface area contributed by atoms with Gasteiger partial charge in [0, 0.05) is 13.1 Å². The Bertz CT molecular complexity index is 368. The van der Waals surface area contributed by atoms with E-state index >= 15 is 0 Å². The van der Waals surface area contributed by atoms with Crippen molar-refractivity contribution in [2.75, 3.05) is 19.7 Å². The first-order valence-corrected chi connectivity index (χ1v) is 7.54. The summed E-state index contributed by atoms with van der Waals surface area (Å²) in [6, 6.07) is 0. The Labute approximate surface area is 122 Å². The molecule has 1 rings (SSSR count). The quantitative estimate of drug-likeness (QED) is 0.591. The van der Waals surface area contributed by atoms with Crippen molar-refractivity contribution in [2.24, 2.45) is 16.7 Å². The lowest BCUT2D eigenvalue weighted by Crippen LogP contribution is -2.50. The maximum absolute atomic E-state index is 12.8. The second kappa shape index (κ2) is 6.15. The Morgan fingerprint density at radius 1 is 1.30 bits per heavy atom. The number of carbonyl (C=O) groups is 2. The normalized spacial score (nSPS) is 20.4. The van der Waals surface area contributed by atoms with Gasteiger partial charge in [-0.2, -0.15) is 0 Å². The third-order valence-corrected chi connectivity index (χ3v) is 3.85. The molecule has 1 aliphatic heterocycles. The summed E-state index contributed by atoms with van der Waals surface area (Å²) in [5, 5.41) is 0. The molecule has 0 aromatic carbocycles. The number of esters is 1. The summed E-state index contributed by atoms with van der Waals surface area (Å²) in [6.45, 7) is 13.6. The van der Waals surface area contributed by atoms with Gasteiger partial charge in [0.15, 0.2) is 0 Å². The van der Waals surface area contributed by atoms with Crippen LogP contribution in [0, 0.1) is 16.7 Å². The maximum atomic E-state index is 12.8. The van der Waals surface area contributed by atoms with Crippen molar-refractivity contribution in [1.29, 1.82) is 0 Å². The first-order chi connectivity index (χ1) is 9.08. The minimum absolute atomic E-state index is 0.0799. The van der Waals surface area contributed by atoms with Gasteiger partial charge >= 0.3 is 5.97 Å². The molecule has 1 atom stereocenters. The van der Waals surface area contributed by atoms with Gasteiger partial charge in [0.25, 0.3) is 0 Å². The highest BCUT2D eigenvalue weighted by atomic mass is 16.5. The van der Waals surface area contributed by atoms with E-state index in [1.807, 2.05) is 25.7 Å². The Balaban J connectivity index is 2.91. The zero-order valence-electron chi connectivity index (χ0n) is 13.8. The predicted molar refractivity (Wildman–Crippen MR) is 79.2 cm³/mol. The molecule has 0 spiro atoms. The van der Waals surface area contributed by atoms with Crippen LogP contribution in [0.5, 0.6) is 0 Å². The molecular formula is C16H29NO3. The van der Waals surface area contributed by atoms with E-state index in [-0.39, 0.29) is 11.3 Å². The van der Waals surface area contributed by atoms with E-state index in [2.05, 4.69) is 13.8 Å². The van der Waals surface area contributed by atoms with Crippen molar-refractivity contribution >= 4 is 11.9 Å². The molecule has 1 aliphatic rings. The Morgan fingerprint density at radius 3 is 2.35 bits per heavy atom. The number of nitrogens with zero attached hydrogens (tertiary/aromatic N) is 1. The number of ether oxygens (including phenoxy) is 1. The van der Waals surface area contributed by atoms with E-state index in [1.54, 1.807) is 6.92 Å². The molecule has 0 radical (unpaired) electrons. The van der Waals surface area contributed by atoms with E-state index in [0.717, 1.165) is 25.9 Å². The van der Waals surface area contributed by atoms with Crippen LogP contribution in [0.15, 0.2) is 0 Å². The topological polar surface area (TPSA) is 46.6 Å². The molecule has 1 saturated heterocycles. The minimum Gasteiger partial charge on any atom is -0.465 e. The third kappa shape index (κ3) is 4.22. The van der Waals surface area contributed by atoms with Crippen molar-refractivity contribution < 1.29 is 14.3 Å². The Hall–Kier alpha value is -1.06. The van der Waals surface area contributed by atoms with Gasteiger partial charge in [-0.25, -0.2) is 0 Å². The molecule has 0 N–H and O–H groups in total. The molecule has 1 amide bonds. The molecule has 0 bridgehead atoms. The van der Waals surface area contributed by atoms with Crippen LogP contribution in [0.2, 0.25) is 0 Å². The van der Waals surface area contributed by atoms with Crippen LogP contribution >= 0.6 is 0 Å². The predicted octanol–water partition coefficient (Wildman–Crippen LogP) is 2.86. The van der Waals surface area contributed by atoms with E-state index in [9.17, 15) is 9.59 Å². The maximum Gasteiger partial charge on any atom is 0.319 e.